The van der Waals surface area contributed by atoms with E-state index in [-0.39, 0.29) is 0 Å². The minimum Gasteiger partial charge on any atom is -0.489 e. The fourth-order valence-electron chi connectivity index (χ4n) is 3.29. The smallest absolute Gasteiger partial charge is 0.209 e. The van der Waals surface area contributed by atoms with Crippen LogP contribution >= 0.6 is 11.8 Å². The number of aryl methyl sites for hydroxylation is 1. The van der Waals surface area contributed by atoms with Crippen LogP contribution in [0.5, 0.6) is 5.75 Å². The van der Waals surface area contributed by atoms with Gasteiger partial charge in [-0.25, -0.2) is 4.68 Å². The van der Waals surface area contributed by atoms with Gasteiger partial charge in [-0.1, -0.05) is 72.4 Å². The molecule has 0 atom stereocenters. The van der Waals surface area contributed by atoms with Crippen molar-refractivity contribution >= 4 is 22.5 Å². The zero-order chi connectivity index (χ0) is 20.6. The number of thioether (sulfide) groups is 1. The van der Waals surface area contributed by atoms with Gasteiger partial charge in [-0.15, -0.1) is 5.10 Å². The van der Waals surface area contributed by atoms with Gasteiger partial charge >= 0.3 is 0 Å². The molecule has 1 heterocycles. The van der Waals surface area contributed by atoms with Gasteiger partial charge < -0.3 is 10.1 Å². The minimum atomic E-state index is 0.564. The van der Waals surface area contributed by atoms with Crippen LogP contribution in [0.2, 0.25) is 0 Å². The number of tetrazole rings is 1. The van der Waals surface area contributed by atoms with Gasteiger partial charge in [0.05, 0.1) is 0 Å². The summed E-state index contributed by atoms with van der Waals surface area (Å²) >= 11 is 1.67. The standard InChI is InChI=1S/C23H25N5OS/c1-28-23(25-26-27-28)30-15-7-14-24-16-21-20-11-6-5-10-19(20)12-13-22(21)29-17-18-8-3-2-4-9-18/h2-6,8-13,24H,7,14-17H2,1H3. The molecule has 0 spiro atoms. The largest absolute Gasteiger partial charge is 0.489 e. The molecule has 0 saturated carbocycles. The Balaban J connectivity index is 1.37. The van der Waals surface area contributed by atoms with Gasteiger partial charge in [0.15, 0.2) is 0 Å². The third-order valence-corrected chi connectivity index (χ3v) is 5.94. The Kier molecular flexibility index (Phi) is 6.95. The molecule has 0 saturated heterocycles. The Morgan fingerprint density at radius 1 is 1.00 bits per heavy atom. The van der Waals surface area contributed by atoms with Crippen LogP contribution in [0.25, 0.3) is 10.8 Å². The number of rotatable bonds is 10. The molecular weight excluding hydrogens is 394 g/mol. The molecule has 4 rings (SSSR count). The Hall–Kier alpha value is -2.90. The number of hydrogen-bond donors (Lipinski definition) is 1. The van der Waals surface area contributed by atoms with E-state index in [1.807, 2.05) is 25.2 Å². The van der Waals surface area contributed by atoms with Crippen molar-refractivity contribution in [3.8, 4) is 5.75 Å². The Morgan fingerprint density at radius 2 is 1.83 bits per heavy atom. The van der Waals surface area contributed by atoms with Crippen LogP contribution < -0.4 is 10.1 Å². The molecule has 154 valence electrons. The average Bonchev–Trinajstić information content (AvgIpc) is 3.20. The van der Waals surface area contributed by atoms with Crippen molar-refractivity contribution in [2.75, 3.05) is 12.3 Å². The SMILES string of the molecule is Cn1nnnc1SCCCNCc1c(OCc2ccccc2)ccc2ccccc12. The van der Waals surface area contributed by atoms with Crippen LogP contribution in [-0.2, 0) is 20.2 Å². The first-order valence-electron chi connectivity index (χ1n) is 10.0. The van der Waals surface area contributed by atoms with E-state index in [4.69, 9.17) is 4.74 Å². The van der Waals surface area contributed by atoms with Gasteiger partial charge in [-0.3, -0.25) is 0 Å². The van der Waals surface area contributed by atoms with Crippen molar-refractivity contribution in [3.63, 3.8) is 0 Å². The molecule has 0 unspecified atom stereocenters. The van der Waals surface area contributed by atoms with Crippen molar-refractivity contribution in [2.45, 2.75) is 24.7 Å². The molecule has 0 bridgehead atoms. The Bertz CT molecular complexity index is 1080. The summed E-state index contributed by atoms with van der Waals surface area (Å²) in [4.78, 5) is 0. The van der Waals surface area contributed by atoms with Crippen LogP contribution in [-0.4, -0.2) is 32.5 Å². The highest BCUT2D eigenvalue weighted by atomic mass is 32.2. The summed E-state index contributed by atoms with van der Waals surface area (Å²) in [5.74, 6) is 1.90. The van der Waals surface area contributed by atoms with Gasteiger partial charge in [0.25, 0.3) is 0 Å². The third kappa shape index (κ3) is 5.17. The van der Waals surface area contributed by atoms with E-state index < -0.39 is 0 Å². The van der Waals surface area contributed by atoms with Crippen LogP contribution in [0.3, 0.4) is 0 Å². The number of benzene rings is 3. The molecule has 30 heavy (non-hydrogen) atoms. The molecule has 7 heteroatoms. The molecule has 0 fully saturated rings. The molecule has 0 aliphatic rings. The zero-order valence-corrected chi connectivity index (χ0v) is 17.8. The number of fused-ring (bicyclic) bond motifs is 1. The fourth-order valence-corrected chi connectivity index (χ4v) is 4.08. The molecular formula is C23H25N5OS. The van der Waals surface area contributed by atoms with Gasteiger partial charge in [0.2, 0.25) is 5.16 Å². The summed E-state index contributed by atoms with van der Waals surface area (Å²) in [5, 5.41) is 18.4. The van der Waals surface area contributed by atoms with Crippen LogP contribution in [0.1, 0.15) is 17.5 Å². The van der Waals surface area contributed by atoms with Crippen molar-refractivity contribution in [1.82, 2.24) is 25.5 Å². The van der Waals surface area contributed by atoms with Crippen LogP contribution in [0.15, 0.2) is 71.9 Å². The van der Waals surface area contributed by atoms with E-state index in [1.54, 1.807) is 16.4 Å². The predicted molar refractivity (Wildman–Crippen MR) is 121 cm³/mol. The van der Waals surface area contributed by atoms with E-state index >= 15 is 0 Å². The number of nitrogens with one attached hydrogen (secondary N) is 1. The van der Waals surface area contributed by atoms with Crippen molar-refractivity contribution in [2.24, 2.45) is 7.05 Å². The maximum Gasteiger partial charge on any atom is 0.209 e. The van der Waals surface area contributed by atoms with E-state index in [9.17, 15) is 0 Å². The highest BCUT2D eigenvalue weighted by molar-refractivity contribution is 7.99. The molecule has 6 nitrogen and oxygen atoms in total. The molecule has 0 aliphatic carbocycles. The zero-order valence-electron chi connectivity index (χ0n) is 17.0. The maximum absolute atomic E-state index is 6.20. The highest BCUT2D eigenvalue weighted by Gasteiger charge is 2.09. The summed E-state index contributed by atoms with van der Waals surface area (Å²) in [7, 11) is 1.86. The molecule has 1 aromatic heterocycles. The topological polar surface area (TPSA) is 64.9 Å². The quantitative estimate of drug-likeness (QED) is 0.307. The van der Waals surface area contributed by atoms with E-state index in [0.29, 0.717) is 6.61 Å². The average molecular weight is 420 g/mol. The predicted octanol–water partition coefficient (Wildman–Crippen LogP) is 4.21. The summed E-state index contributed by atoms with van der Waals surface area (Å²) in [5.41, 5.74) is 2.37. The van der Waals surface area contributed by atoms with Gasteiger partial charge in [0.1, 0.15) is 12.4 Å². The molecule has 1 N–H and O–H groups in total. The number of ether oxygens (including phenoxy) is 1. The van der Waals surface area contributed by atoms with E-state index in [0.717, 1.165) is 36.2 Å². The minimum absolute atomic E-state index is 0.564. The Morgan fingerprint density at radius 3 is 2.67 bits per heavy atom. The lowest BCUT2D eigenvalue weighted by Gasteiger charge is -2.15. The maximum atomic E-state index is 6.20. The number of nitrogens with zero attached hydrogens (tertiary/aromatic N) is 4. The second-order valence-corrected chi connectivity index (χ2v) is 8.06. The number of hydrogen-bond acceptors (Lipinski definition) is 6. The van der Waals surface area contributed by atoms with Crippen molar-refractivity contribution in [3.05, 3.63) is 77.9 Å². The summed E-state index contributed by atoms with van der Waals surface area (Å²) in [6.07, 6.45) is 1.03. The monoisotopic (exact) mass is 419 g/mol. The first-order valence-corrected chi connectivity index (χ1v) is 11.0. The highest BCUT2D eigenvalue weighted by Crippen LogP contribution is 2.29. The lowest BCUT2D eigenvalue weighted by Crippen LogP contribution is -2.16. The molecule has 0 amide bonds. The van der Waals surface area contributed by atoms with Crippen LogP contribution in [0.4, 0.5) is 0 Å². The van der Waals surface area contributed by atoms with E-state index in [2.05, 4.69) is 69.4 Å². The van der Waals surface area contributed by atoms with Crippen molar-refractivity contribution < 1.29 is 4.74 Å². The summed E-state index contributed by atoms with van der Waals surface area (Å²) in [6, 6.07) is 22.9. The van der Waals surface area contributed by atoms with Crippen molar-refractivity contribution in [1.29, 1.82) is 0 Å². The molecule has 0 radical (unpaired) electrons. The van der Waals surface area contributed by atoms with Gasteiger partial charge in [-0.05, 0) is 45.8 Å². The lowest BCUT2D eigenvalue weighted by molar-refractivity contribution is 0.303. The number of aromatic nitrogens is 4. The second-order valence-electron chi connectivity index (χ2n) is 7.00. The fraction of sp³-hybridized carbons (Fsp3) is 0.261. The summed E-state index contributed by atoms with van der Waals surface area (Å²) < 4.78 is 7.90. The first kappa shape index (κ1) is 20.4. The van der Waals surface area contributed by atoms with Crippen LogP contribution in [0, 0.1) is 0 Å². The van der Waals surface area contributed by atoms with Gasteiger partial charge in [0, 0.05) is 24.9 Å². The third-order valence-electron chi connectivity index (χ3n) is 4.85. The lowest BCUT2D eigenvalue weighted by atomic mass is 10.0. The molecule has 4 aromatic rings. The normalized spacial score (nSPS) is 11.1. The summed E-state index contributed by atoms with van der Waals surface area (Å²) in [6.45, 7) is 2.25. The Labute approximate surface area is 180 Å². The molecule has 0 aliphatic heterocycles. The van der Waals surface area contributed by atoms with Gasteiger partial charge in [-0.2, -0.15) is 0 Å². The first-order chi connectivity index (χ1) is 14.8. The molecule has 3 aromatic carbocycles. The second kappa shape index (κ2) is 10.2. The van der Waals surface area contributed by atoms with E-state index in [1.165, 1.54) is 21.9 Å².